The molecular formula is C12H12N4O2. The molecule has 1 aromatic heterocycles. The van der Waals surface area contributed by atoms with Crippen LogP contribution in [0.4, 0.5) is 17.2 Å². The van der Waals surface area contributed by atoms with Crippen LogP contribution in [0.25, 0.3) is 0 Å². The monoisotopic (exact) mass is 244 g/mol. The number of nitrogen functional groups attached to an aromatic ring is 1. The van der Waals surface area contributed by atoms with E-state index in [4.69, 9.17) is 5.73 Å². The van der Waals surface area contributed by atoms with Gasteiger partial charge in [0, 0.05) is 12.7 Å². The fourth-order valence-corrected chi connectivity index (χ4v) is 1.60. The van der Waals surface area contributed by atoms with Crippen LogP contribution in [0.2, 0.25) is 0 Å². The van der Waals surface area contributed by atoms with E-state index in [-0.39, 0.29) is 11.5 Å². The fraction of sp³-hybridized carbons (Fsp3) is 0.0833. The van der Waals surface area contributed by atoms with E-state index in [1.165, 1.54) is 12.3 Å². The molecule has 0 aliphatic carbocycles. The van der Waals surface area contributed by atoms with Gasteiger partial charge in [0.05, 0.1) is 4.92 Å². The number of anilines is 2. The minimum absolute atomic E-state index is 0.0851. The van der Waals surface area contributed by atoms with Crippen LogP contribution in [0, 0.1) is 10.1 Å². The largest absolute Gasteiger partial charge is 0.378 e. The third-order valence-electron chi connectivity index (χ3n) is 2.46. The Bertz CT molecular complexity index is 557. The van der Waals surface area contributed by atoms with E-state index in [1.54, 1.807) is 0 Å². The maximum Gasteiger partial charge on any atom is 0.333 e. The summed E-state index contributed by atoms with van der Waals surface area (Å²) in [6, 6.07) is 11.1. The van der Waals surface area contributed by atoms with Gasteiger partial charge in [-0.1, -0.05) is 30.3 Å². The van der Waals surface area contributed by atoms with Crippen LogP contribution in [0.1, 0.15) is 5.56 Å². The number of nitrogens with two attached hydrogens (primary N) is 1. The molecule has 3 N–H and O–H groups in total. The molecule has 0 atom stereocenters. The molecular weight excluding hydrogens is 232 g/mol. The predicted octanol–water partition coefficient (Wildman–Crippen LogP) is 2.18. The van der Waals surface area contributed by atoms with Gasteiger partial charge in [-0.15, -0.1) is 0 Å². The Labute approximate surface area is 104 Å². The van der Waals surface area contributed by atoms with E-state index in [9.17, 15) is 10.1 Å². The van der Waals surface area contributed by atoms with Crippen molar-refractivity contribution in [2.24, 2.45) is 0 Å². The number of aromatic nitrogens is 1. The Morgan fingerprint density at radius 1 is 1.28 bits per heavy atom. The smallest absolute Gasteiger partial charge is 0.333 e. The molecule has 2 aromatic rings. The lowest BCUT2D eigenvalue weighted by atomic mass is 10.2. The number of benzene rings is 1. The van der Waals surface area contributed by atoms with Crippen LogP contribution < -0.4 is 11.1 Å². The molecule has 0 aliphatic heterocycles. The molecule has 6 heteroatoms. The van der Waals surface area contributed by atoms with Crippen LogP contribution in [-0.2, 0) is 6.54 Å². The van der Waals surface area contributed by atoms with Crippen LogP contribution in [0.3, 0.4) is 0 Å². The lowest BCUT2D eigenvalue weighted by molar-refractivity contribution is -0.383. The molecule has 0 radical (unpaired) electrons. The highest BCUT2D eigenvalue weighted by atomic mass is 16.6. The first-order valence-corrected chi connectivity index (χ1v) is 5.35. The zero-order valence-corrected chi connectivity index (χ0v) is 9.54. The van der Waals surface area contributed by atoms with Gasteiger partial charge in [-0.25, -0.2) is 4.98 Å². The molecule has 1 aromatic carbocycles. The second-order valence-electron chi connectivity index (χ2n) is 3.69. The van der Waals surface area contributed by atoms with Gasteiger partial charge >= 0.3 is 5.69 Å². The highest BCUT2D eigenvalue weighted by Gasteiger charge is 2.18. The molecule has 18 heavy (non-hydrogen) atoms. The Morgan fingerprint density at radius 3 is 2.67 bits per heavy atom. The molecule has 0 amide bonds. The highest BCUT2D eigenvalue weighted by molar-refractivity contribution is 5.71. The van der Waals surface area contributed by atoms with Crippen LogP contribution in [-0.4, -0.2) is 9.91 Å². The van der Waals surface area contributed by atoms with E-state index >= 15 is 0 Å². The van der Waals surface area contributed by atoms with Crippen LogP contribution >= 0.6 is 0 Å². The van der Waals surface area contributed by atoms with Gasteiger partial charge in [-0.3, -0.25) is 10.1 Å². The third kappa shape index (κ3) is 2.54. The Kier molecular flexibility index (Phi) is 3.38. The first-order chi connectivity index (χ1) is 8.68. The molecule has 0 aliphatic rings. The summed E-state index contributed by atoms with van der Waals surface area (Å²) in [6.07, 6.45) is 1.44. The van der Waals surface area contributed by atoms with E-state index in [2.05, 4.69) is 10.3 Å². The van der Waals surface area contributed by atoms with Gasteiger partial charge in [0.15, 0.2) is 0 Å². The molecule has 0 bridgehead atoms. The Morgan fingerprint density at radius 2 is 2.00 bits per heavy atom. The normalized spacial score (nSPS) is 10.0. The topological polar surface area (TPSA) is 94.1 Å². The van der Waals surface area contributed by atoms with Gasteiger partial charge in [0.1, 0.15) is 5.69 Å². The lowest BCUT2D eigenvalue weighted by Crippen LogP contribution is -2.05. The summed E-state index contributed by atoms with van der Waals surface area (Å²) in [5, 5.41) is 13.9. The zero-order valence-electron chi connectivity index (χ0n) is 9.54. The molecule has 1 heterocycles. The highest BCUT2D eigenvalue weighted by Crippen LogP contribution is 2.28. The molecule has 92 valence electrons. The molecule has 6 nitrogen and oxygen atoms in total. The number of hydrogen-bond donors (Lipinski definition) is 2. The summed E-state index contributed by atoms with van der Waals surface area (Å²) in [4.78, 5) is 14.1. The Hall–Kier alpha value is -2.63. The summed E-state index contributed by atoms with van der Waals surface area (Å²) >= 11 is 0. The van der Waals surface area contributed by atoms with Crippen molar-refractivity contribution in [1.29, 1.82) is 0 Å². The van der Waals surface area contributed by atoms with E-state index < -0.39 is 4.92 Å². The number of pyridine rings is 1. The third-order valence-corrected chi connectivity index (χ3v) is 2.46. The standard InChI is InChI=1S/C12H12N4O2/c13-12-11(16(17)18)10(6-7-14-12)15-8-9-4-2-1-3-5-9/h1-7H,8H2,(H3,13,14,15). The maximum atomic E-state index is 10.9. The van der Waals surface area contributed by atoms with Crippen molar-refractivity contribution < 1.29 is 4.92 Å². The van der Waals surface area contributed by atoms with Gasteiger partial charge in [0.25, 0.3) is 0 Å². The molecule has 0 saturated carbocycles. The van der Waals surface area contributed by atoms with Gasteiger partial charge < -0.3 is 11.1 Å². The summed E-state index contributed by atoms with van der Waals surface area (Å²) in [5.74, 6) is -0.0851. The summed E-state index contributed by atoms with van der Waals surface area (Å²) in [6.45, 7) is 0.491. The first kappa shape index (κ1) is 11.8. The average molecular weight is 244 g/mol. The number of rotatable bonds is 4. The Balaban J connectivity index is 2.20. The fourth-order valence-electron chi connectivity index (χ4n) is 1.60. The van der Waals surface area contributed by atoms with Crippen LogP contribution in [0.15, 0.2) is 42.6 Å². The van der Waals surface area contributed by atoms with Gasteiger partial charge in [0.2, 0.25) is 5.82 Å². The van der Waals surface area contributed by atoms with Gasteiger partial charge in [-0.05, 0) is 11.6 Å². The number of hydrogen-bond acceptors (Lipinski definition) is 5. The van der Waals surface area contributed by atoms with Crippen LogP contribution in [0.5, 0.6) is 0 Å². The van der Waals surface area contributed by atoms with Crippen molar-refractivity contribution in [3.05, 3.63) is 58.3 Å². The molecule has 0 spiro atoms. The van der Waals surface area contributed by atoms with E-state index in [1.807, 2.05) is 30.3 Å². The average Bonchev–Trinajstić information content (AvgIpc) is 2.37. The molecule has 0 unspecified atom stereocenters. The van der Waals surface area contributed by atoms with E-state index in [0.717, 1.165) is 5.56 Å². The SMILES string of the molecule is Nc1nccc(NCc2ccccc2)c1[N+](=O)[O-]. The second kappa shape index (κ2) is 5.13. The first-order valence-electron chi connectivity index (χ1n) is 5.35. The quantitative estimate of drug-likeness (QED) is 0.635. The lowest BCUT2D eigenvalue weighted by Gasteiger charge is -2.07. The minimum atomic E-state index is -0.532. The van der Waals surface area contributed by atoms with Crippen molar-refractivity contribution >= 4 is 17.2 Å². The van der Waals surface area contributed by atoms with Crippen molar-refractivity contribution in [2.45, 2.75) is 6.54 Å². The van der Waals surface area contributed by atoms with Crippen molar-refractivity contribution in [3.8, 4) is 0 Å². The number of nitrogens with zero attached hydrogens (tertiary/aromatic N) is 2. The number of nitro groups is 1. The molecule has 0 fully saturated rings. The second-order valence-corrected chi connectivity index (χ2v) is 3.69. The summed E-state index contributed by atoms with van der Waals surface area (Å²) < 4.78 is 0. The van der Waals surface area contributed by atoms with Crippen molar-refractivity contribution in [1.82, 2.24) is 4.98 Å². The number of nitrogens with one attached hydrogen (secondary N) is 1. The zero-order chi connectivity index (χ0) is 13.0. The van der Waals surface area contributed by atoms with Crippen molar-refractivity contribution in [3.63, 3.8) is 0 Å². The van der Waals surface area contributed by atoms with Crippen molar-refractivity contribution in [2.75, 3.05) is 11.1 Å². The van der Waals surface area contributed by atoms with Gasteiger partial charge in [-0.2, -0.15) is 0 Å². The van der Waals surface area contributed by atoms with E-state index in [0.29, 0.717) is 12.2 Å². The molecule has 2 rings (SSSR count). The predicted molar refractivity (Wildman–Crippen MR) is 69.1 cm³/mol. The summed E-state index contributed by atoms with van der Waals surface area (Å²) in [5.41, 5.74) is 6.71. The molecule has 0 saturated heterocycles. The summed E-state index contributed by atoms with van der Waals surface area (Å²) in [7, 11) is 0. The maximum absolute atomic E-state index is 10.9. The minimum Gasteiger partial charge on any atom is -0.378 e.